The van der Waals surface area contributed by atoms with Crippen molar-refractivity contribution in [2.75, 3.05) is 13.8 Å². The minimum Gasteiger partial charge on any atom is -0.494 e. The molecule has 1 aliphatic rings. The molecule has 0 atom stereocenters. The van der Waals surface area contributed by atoms with Crippen LogP contribution in [0.1, 0.15) is 11.3 Å². The minimum absolute atomic E-state index is 0.00414. The summed E-state index contributed by atoms with van der Waals surface area (Å²) in [6.45, 7) is -0.957. The third-order valence-corrected chi connectivity index (χ3v) is 5.56. The van der Waals surface area contributed by atoms with Gasteiger partial charge >= 0.3 is 6.18 Å². The van der Waals surface area contributed by atoms with Gasteiger partial charge in [0.25, 0.3) is 11.5 Å². The second-order valence-electron chi connectivity index (χ2n) is 7.85. The molecule has 1 aromatic heterocycles. The molecule has 196 valence electrons. The fourth-order valence-electron chi connectivity index (χ4n) is 3.63. The number of H-pyrrole nitrogens is 1. The summed E-state index contributed by atoms with van der Waals surface area (Å²) in [7, 11) is 1.26. The Bertz CT molecular complexity index is 1550. The van der Waals surface area contributed by atoms with E-state index >= 15 is 0 Å². The van der Waals surface area contributed by atoms with Crippen LogP contribution in [0.2, 0.25) is 5.02 Å². The molecule has 1 aliphatic heterocycles. The molecule has 38 heavy (non-hydrogen) atoms. The lowest BCUT2D eigenvalue weighted by atomic mass is 10.1. The number of allylic oxidation sites excluding steroid dienone is 1. The average molecular weight is 550 g/mol. The van der Waals surface area contributed by atoms with E-state index in [-0.39, 0.29) is 45.5 Å². The van der Waals surface area contributed by atoms with Crippen LogP contribution < -0.4 is 20.3 Å². The molecule has 3 aromatic rings. The average Bonchev–Trinajstić information content (AvgIpc) is 2.86. The van der Waals surface area contributed by atoms with E-state index in [1.807, 2.05) is 0 Å². The van der Waals surface area contributed by atoms with Gasteiger partial charge < -0.3 is 19.7 Å². The van der Waals surface area contributed by atoms with Crippen LogP contribution in [0.3, 0.4) is 0 Å². The minimum atomic E-state index is -4.97. The van der Waals surface area contributed by atoms with Crippen LogP contribution in [0.4, 0.5) is 17.6 Å². The van der Waals surface area contributed by atoms with Crippen molar-refractivity contribution < 1.29 is 31.8 Å². The third-order valence-electron chi connectivity index (χ3n) is 5.34. The molecular weight excluding hydrogens is 534 g/mol. The fourth-order valence-corrected chi connectivity index (χ4v) is 3.86. The summed E-state index contributed by atoms with van der Waals surface area (Å²) in [4.78, 5) is 26.4. The predicted octanol–water partition coefficient (Wildman–Crippen LogP) is 3.85. The number of aromatic nitrogens is 2. The van der Waals surface area contributed by atoms with Gasteiger partial charge in [0, 0.05) is 10.6 Å². The quantitative estimate of drug-likeness (QED) is 0.448. The number of nitriles is 1. The van der Waals surface area contributed by atoms with Gasteiger partial charge in [0.05, 0.1) is 43.2 Å². The monoisotopic (exact) mass is 549 g/mol. The normalized spacial score (nSPS) is 13.7. The Labute approximate surface area is 216 Å². The standard InChI is InChI=1S/C24H16ClF4N5O4/c1-37-18-4-2-3-16(19(18)26)17-8-14(32-33-22(17)35)10-34-11-31-21(24(27,28)29)20(23(34)36)38-15-6-12(9-30)5-13(25)7-15/h2-8,31H,10-11H2,1H3,(H,33,35). The number of carbonyl (C=O) groups is 1. The first kappa shape index (κ1) is 26.5. The zero-order chi connectivity index (χ0) is 27.6. The number of hydrogen-bond donors (Lipinski definition) is 2. The number of ether oxygens (including phenoxy) is 2. The zero-order valence-corrected chi connectivity index (χ0v) is 20.1. The molecule has 0 aliphatic carbocycles. The molecule has 0 bridgehead atoms. The van der Waals surface area contributed by atoms with Crippen molar-refractivity contribution in [3.05, 3.63) is 86.4 Å². The van der Waals surface area contributed by atoms with Gasteiger partial charge in [0.1, 0.15) is 5.75 Å². The van der Waals surface area contributed by atoms with Gasteiger partial charge in [0.2, 0.25) is 5.76 Å². The van der Waals surface area contributed by atoms with Gasteiger partial charge in [-0.3, -0.25) is 9.59 Å². The second-order valence-corrected chi connectivity index (χ2v) is 8.29. The van der Waals surface area contributed by atoms with E-state index in [2.05, 4.69) is 15.5 Å². The molecule has 1 amide bonds. The number of carbonyl (C=O) groups excluding carboxylic acids is 1. The first-order valence-corrected chi connectivity index (χ1v) is 11.0. The Morgan fingerprint density at radius 1 is 1.18 bits per heavy atom. The SMILES string of the molecule is COc1cccc(-c2cc(CN3CNC(C(F)(F)F)=C(Oc4cc(Cl)cc(C#N)c4)C3=O)n[nH]c2=O)c1F. The molecular formula is C24H16ClF4N5O4. The molecule has 9 nitrogen and oxygen atoms in total. The maximum absolute atomic E-state index is 14.8. The lowest BCUT2D eigenvalue weighted by Gasteiger charge is -2.31. The molecule has 0 saturated carbocycles. The fraction of sp³-hybridized carbons (Fsp3) is 0.167. The summed E-state index contributed by atoms with van der Waals surface area (Å²) in [6, 6.07) is 10.7. The molecule has 0 fully saturated rings. The highest BCUT2D eigenvalue weighted by Crippen LogP contribution is 2.32. The lowest BCUT2D eigenvalue weighted by Crippen LogP contribution is -2.49. The number of rotatable bonds is 6. The molecule has 0 unspecified atom stereocenters. The maximum atomic E-state index is 14.8. The summed E-state index contributed by atoms with van der Waals surface area (Å²) in [6.07, 6.45) is -4.97. The molecule has 0 spiro atoms. The van der Waals surface area contributed by atoms with Crippen molar-refractivity contribution in [1.29, 1.82) is 5.26 Å². The van der Waals surface area contributed by atoms with Crippen LogP contribution in [-0.4, -0.2) is 41.0 Å². The van der Waals surface area contributed by atoms with Crippen LogP contribution in [0.5, 0.6) is 11.5 Å². The van der Waals surface area contributed by atoms with E-state index in [1.165, 1.54) is 37.4 Å². The highest BCUT2D eigenvalue weighted by molar-refractivity contribution is 6.30. The maximum Gasteiger partial charge on any atom is 0.434 e. The van der Waals surface area contributed by atoms with Gasteiger partial charge in [-0.25, -0.2) is 9.49 Å². The largest absolute Gasteiger partial charge is 0.494 e. The van der Waals surface area contributed by atoms with Crippen molar-refractivity contribution in [3.8, 4) is 28.7 Å². The van der Waals surface area contributed by atoms with E-state index in [0.717, 1.165) is 17.0 Å². The number of benzene rings is 2. The summed E-state index contributed by atoms with van der Waals surface area (Å²) in [5.74, 6) is -3.42. The van der Waals surface area contributed by atoms with Crippen LogP contribution in [0, 0.1) is 17.1 Å². The second kappa shape index (κ2) is 10.4. The smallest absolute Gasteiger partial charge is 0.434 e. The highest BCUT2D eigenvalue weighted by Gasteiger charge is 2.44. The number of nitrogens with one attached hydrogen (secondary N) is 2. The van der Waals surface area contributed by atoms with Crippen molar-refractivity contribution in [2.45, 2.75) is 12.7 Å². The number of hydrogen-bond acceptors (Lipinski definition) is 7. The van der Waals surface area contributed by atoms with E-state index in [9.17, 15) is 27.2 Å². The molecule has 14 heteroatoms. The van der Waals surface area contributed by atoms with E-state index in [0.29, 0.717) is 0 Å². The van der Waals surface area contributed by atoms with E-state index in [4.69, 9.17) is 26.3 Å². The number of halogens is 5. The Kier molecular flexibility index (Phi) is 7.27. The van der Waals surface area contributed by atoms with E-state index in [1.54, 1.807) is 6.07 Å². The first-order valence-electron chi connectivity index (χ1n) is 10.7. The Hall–Kier alpha value is -4.57. The first-order chi connectivity index (χ1) is 18.0. The molecule has 4 rings (SSSR count). The lowest BCUT2D eigenvalue weighted by molar-refractivity contribution is -0.137. The van der Waals surface area contributed by atoms with Crippen molar-refractivity contribution in [2.24, 2.45) is 0 Å². The van der Waals surface area contributed by atoms with Gasteiger partial charge in [-0.2, -0.15) is 23.5 Å². The summed E-state index contributed by atoms with van der Waals surface area (Å²) >= 11 is 5.90. The number of nitrogens with zero attached hydrogens (tertiary/aromatic N) is 3. The van der Waals surface area contributed by atoms with Gasteiger partial charge in [-0.05, 0) is 30.3 Å². The van der Waals surface area contributed by atoms with Crippen molar-refractivity contribution in [1.82, 2.24) is 20.4 Å². The Morgan fingerprint density at radius 3 is 2.63 bits per heavy atom. The summed E-state index contributed by atoms with van der Waals surface area (Å²) in [5.41, 5.74) is -2.34. The van der Waals surface area contributed by atoms with Crippen LogP contribution in [0.25, 0.3) is 11.1 Å². The molecule has 0 radical (unpaired) electrons. The van der Waals surface area contributed by atoms with Gasteiger partial charge in [-0.1, -0.05) is 23.7 Å². The predicted molar refractivity (Wildman–Crippen MR) is 125 cm³/mol. The van der Waals surface area contributed by atoms with E-state index < -0.39 is 41.6 Å². The van der Waals surface area contributed by atoms with Crippen molar-refractivity contribution in [3.63, 3.8) is 0 Å². The van der Waals surface area contributed by atoms with Crippen LogP contribution in [-0.2, 0) is 11.3 Å². The number of alkyl halides is 3. The third kappa shape index (κ3) is 5.40. The topological polar surface area (TPSA) is 120 Å². The van der Waals surface area contributed by atoms with Crippen LogP contribution in [0.15, 0.2) is 58.7 Å². The molecule has 0 saturated heterocycles. The molecule has 2 heterocycles. The number of aromatic amines is 1. The van der Waals surface area contributed by atoms with Gasteiger partial charge in [0.15, 0.2) is 17.3 Å². The number of methoxy groups -OCH3 is 1. The van der Waals surface area contributed by atoms with Gasteiger partial charge in [-0.15, -0.1) is 0 Å². The molecule has 2 aromatic carbocycles. The highest BCUT2D eigenvalue weighted by atomic mass is 35.5. The molecule has 2 N–H and O–H groups in total. The van der Waals surface area contributed by atoms with Crippen molar-refractivity contribution >= 4 is 17.5 Å². The zero-order valence-electron chi connectivity index (χ0n) is 19.3. The summed E-state index contributed by atoms with van der Waals surface area (Å²) in [5, 5.41) is 17.3. The Morgan fingerprint density at radius 2 is 1.95 bits per heavy atom. The Balaban J connectivity index is 1.67. The number of amides is 1. The summed E-state index contributed by atoms with van der Waals surface area (Å²) < 4.78 is 66.0. The van der Waals surface area contributed by atoms with Crippen LogP contribution >= 0.6 is 11.6 Å².